The summed E-state index contributed by atoms with van der Waals surface area (Å²) in [6.07, 6.45) is 8.21. The van der Waals surface area contributed by atoms with Crippen LogP contribution in [0.5, 0.6) is 0 Å². The van der Waals surface area contributed by atoms with Gasteiger partial charge in [-0.3, -0.25) is 4.98 Å². The van der Waals surface area contributed by atoms with Gasteiger partial charge < -0.3 is 0 Å². The van der Waals surface area contributed by atoms with Gasteiger partial charge in [0.15, 0.2) is 0 Å². The molecule has 3 aromatic heterocycles. The first kappa shape index (κ1) is 22.3. The van der Waals surface area contributed by atoms with E-state index in [0.29, 0.717) is 17.8 Å². The fourth-order valence-corrected chi connectivity index (χ4v) is 1.91. The molecule has 0 unspecified atom stereocenters. The van der Waals surface area contributed by atoms with Crippen LogP contribution in [0.3, 0.4) is 0 Å². The second-order valence-electron chi connectivity index (χ2n) is 6.85. The van der Waals surface area contributed by atoms with Crippen molar-refractivity contribution in [2.24, 2.45) is 0 Å². The Morgan fingerprint density at radius 2 is 1.15 bits per heavy atom. The van der Waals surface area contributed by atoms with E-state index < -0.39 is 0 Å². The normalized spacial score (nSPS) is 10.1. The molecule has 0 amide bonds. The van der Waals surface area contributed by atoms with Crippen molar-refractivity contribution in [3.63, 3.8) is 0 Å². The van der Waals surface area contributed by atoms with Gasteiger partial charge in [0, 0.05) is 29.7 Å². The van der Waals surface area contributed by atoms with Gasteiger partial charge in [-0.25, -0.2) is 24.9 Å². The summed E-state index contributed by atoms with van der Waals surface area (Å²) in [4.78, 5) is 23.7. The van der Waals surface area contributed by atoms with Gasteiger partial charge in [0.1, 0.15) is 24.8 Å². The molecule has 3 rings (SSSR count). The van der Waals surface area contributed by atoms with Crippen LogP contribution in [0.25, 0.3) is 0 Å². The molecule has 0 aliphatic heterocycles. The largest absolute Gasteiger partial charge is 0.261 e. The predicted octanol–water partition coefficient (Wildman–Crippen LogP) is 4.80. The Morgan fingerprint density at radius 3 is 1.48 bits per heavy atom. The molecular weight excluding hydrogens is 336 g/mol. The lowest BCUT2D eigenvalue weighted by atomic mass is 10.1. The molecule has 0 bridgehead atoms. The van der Waals surface area contributed by atoms with Crippen LogP contribution in [0.15, 0.2) is 55.6 Å². The van der Waals surface area contributed by atoms with E-state index in [1.165, 1.54) is 12.7 Å². The first-order chi connectivity index (χ1) is 12.9. The molecule has 0 radical (unpaired) electrons. The van der Waals surface area contributed by atoms with Crippen molar-refractivity contribution in [2.75, 3.05) is 0 Å². The molecule has 144 valence electrons. The van der Waals surface area contributed by atoms with Crippen molar-refractivity contribution in [2.45, 2.75) is 59.3 Å². The molecule has 0 saturated carbocycles. The highest BCUT2D eigenvalue weighted by molar-refractivity contribution is 5.06. The molecule has 0 saturated heterocycles. The standard InChI is InChI=1S/C8H11N.C7H10N2.C6H9N3/c1-7(2)8-5-3-4-6-9-8;1-6(2)7-3-4-8-5-9-7;1-5(2)6-8-3-7-4-9-6/h3-7H,1-2H3;3-6H,1-2H3;3-5H,1-2H3. The Balaban J connectivity index is 0.000000202. The molecule has 0 spiro atoms. The Kier molecular flexibility index (Phi) is 10.4. The van der Waals surface area contributed by atoms with E-state index in [-0.39, 0.29) is 0 Å². The van der Waals surface area contributed by atoms with Crippen LogP contribution < -0.4 is 0 Å². The van der Waals surface area contributed by atoms with Gasteiger partial charge >= 0.3 is 0 Å². The van der Waals surface area contributed by atoms with E-state index in [0.717, 1.165) is 17.2 Å². The molecule has 3 aromatic rings. The highest BCUT2D eigenvalue weighted by Gasteiger charge is 1.98. The average Bonchev–Trinajstić information content (AvgIpc) is 2.71. The Morgan fingerprint density at radius 1 is 0.556 bits per heavy atom. The lowest BCUT2D eigenvalue weighted by Crippen LogP contribution is -1.95. The van der Waals surface area contributed by atoms with Crippen LogP contribution in [0, 0.1) is 0 Å². The van der Waals surface area contributed by atoms with Gasteiger partial charge in [-0.1, -0.05) is 47.6 Å². The maximum absolute atomic E-state index is 4.18. The zero-order chi connectivity index (χ0) is 20.1. The van der Waals surface area contributed by atoms with Gasteiger partial charge in [-0.05, 0) is 30.0 Å². The SMILES string of the molecule is CC(C)c1ccccn1.CC(C)c1ccncn1.CC(C)c1ncncn1. The third kappa shape index (κ3) is 9.49. The van der Waals surface area contributed by atoms with Crippen LogP contribution in [0.2, 0.25) is 0 Å². The topological polar surface area (TPSA) is 77.3 Å². The number of rotatable bonds is 3. The van der Waals surface area contributed by atoms with Gasteiger partial charge in [-0.15, -0.1) is 0 Å². The first-order valence-corrected chi connectivity index (χ1v) is 9.20. The van der Waals surface area contributed by atoms with Crippen molar-refractivity contribution < 1.29 is 0 Å². The Labute approximate surface area is 162 Å². The average molecular weight is 367 g/mol. The number of hydrogen-bond donors (Lipinski definition) is 0. The first-order valence-electron chi connectivity index (χ1n) is 9.20. The van der Waals surface area contributed by atoms with E-state index in [9.17, 15) is 0 Å². The fourth-order valence-electron chi connectivity index (χ4n) is 1.91. The van der Waals surface area contributed by atoms with Crippen LogP contribution in [-0.2, 0) is 0 Å². The Bertz CT molecular complexity index is 612. The number of nitrogens with zero attached hydrogens (tertiary/aromatic N) is 6. The van der Waals surface area contributed by atoms with Gasteiger partial charge in [0.2, 0.25) is 0 Å². The summed E-state index contributed by atoms with van der Waals surface area (Å²) in [7, 11) is 0. The van der Waals surface area contributed by atoms with E-state index in [2.05, 4.69) is 71.4 Å². The third-order valence-corrected chi connectivity index (χ3v) is 3.51. The summed E-state index contributed by atoms with van der Waals surface area (Å²) in [6.45, 7) is 12.6. The molecule has 0 N–H and O–H groups in total. The number of pyridine rings is 1. The molecule has 0 fully saturated rings. The maximum atomic E-state index is 4.18. The van der Waals surface area contributed by atoms with Gasteiger partial charge in [0.05, 0.1) is 0 Å². The minimum atomic E-state index is 0.396. The summed E-state index contributed by atoms with van der Waals surface area (Å²) in [6, 6.07) is 7.93. The van der Waals surface area contributed by atoms with E-state index in [1.54, 1.807) is 12.5 Å². The molecule has 0 aliphatic rings. The smallest absolute Gasteiger partial charge is 0.134 e. The van der Waals surface area contributed by atoms with Crippen molar-refractivity contribution in [1.29, 1.82) is 0 Å². The highest BCUT2D eigenvalue weighted by atomic mass is 15.0. The van der Waals surface area contributed by atoms with Crippen molar-refractivity contribution in [3.8, 4) is 0 Å². The second-order valence-corrected chi connectivity index (χ2v) is 6.85. The van der Waals surface area contributed by atoms with Crippen molar-refractivity contribution >= 4 is 0 Å². The molecule has 3 heterocycles. The molecule has 0 atom stereocenters. The summed E-state index contributed by atoms with van der Waals surface area (Å²) in [5, 5.41) is 0. The summed E-state index contributed by atoms with van der Waals surface area (Å²) in [5.41, 5.74) is 2.27. The molecule has 27 heavy (non-hydrogen) atoms. The predicted molar refractivity (Wildman–Crippen MR) is 108 cm³/mol. The third-order valence-electron chi connectivity index (χ3n) is 3.51. The minimum absolute atomic E-state index is 0.396. The molecule has 0 aromatic carbocycles. The van der Waals surface area contributed by atoms with Crippen LogP contribution in [0.1, 0.15) is 76.5 Å². The summed E-state index contributed by atoms with van der Waals surface area (Å²) >= 11 is 0. The molecule has 0 aliphatic carbocycles. The summed E-state index contributed by atoms with van der Waals surface area (Å²) < 4.78 is 0. The van der Waals surface area contributed by atoms with Crippen LogP contribution >= 0.6 is 0 Å². The zero-order valence-corrected chi connectivity index (χ0v) is 17.1. The highest BCUT2D eigenvalue weighted by Crippen LogP contribution is 2.08. The van der Waals surface area contributed by atoms with Gasteiger partial charge in [-0.2, -0.15) is 0 Å². The fraction of sp³-hybridized carbons (Fsp3) is 0.429. The maximum Gasteiger partial charge on any atom is 0.134 e. The number of aromatic nitrogens is 6. The van der Waals surface area contributed by atoms with E-state index >= 15 is 0 Å². The summed E-state index contributed by atoms with van der Waals surface area (Å²) in [5.74, 6) is 2.30. The quantitative estimate of drug-likeness (QED) is 0.662. The Hall–Kier alpha value is -2.76. The van der Waals surface area contributed by atoms with E-state index in [1.807, 2.05) is 30.5 Å². The lowest BCUT2D eigenvalue weighted by molar-refractivity contribution is 0.759. The molecule has 6 heteroatoms. The lowest BCUT2D eigenvalue weighted by Gasteiger charge is -2.00. The molecular formula is C21H30N6. The van der Waals surface area contributed by atoms with Crippen molar-refractivity contribution in [1.82, 2.24) is 29.9 Å². The zero-order valence-electron chi connectivity index (χ0n) is 17.1. The number of hydrogen-bond acceptors (Lipinski definition) is 6. The van der Waals surface area contributed by atoms with Crippen molar-refractivity contribution in [3.05, 3.63) is 72.9 Å². The van der Waals surface area contributed by atoms with Crippen LogP contribution in [0.4, 0.5) is 0 Å². The molecule has 6 nitrogen and oxygen atoms in total. The van der Waals surface area contributed by atoms with Crippen LogP contribution in [-0.4, -0.2) is 29.9 Å². The van der Waals surface area contributed by atoms with Gasteiger partial charge in [0.25, 0.3) is 0 Å². The second kappa shape index (κ2) is 12.6. The minimum Gasteiger partial charge on any atom is -0.261 e. The van der Waals surface area contributed by atoms with E-state index in [4.69, 9.17) is 0 Å². The monoisotopic (exact) mass is 366 g/mol.